The highest BCUT2D eigenvalue weighted by Crippen LogP contribution is 2.25. The standard InChI is InChI=1S/C16H10Cl2/c1-12(7-8-13-5-3-2-4-6-13)15-10-9-14(17)11-16(15)18/h2-6,9-11H,1H2. The second-order valence-corrected chi connectivity index (χ2v) is 4.56. The molecule has 2 aromatic rings. The lowest BCUT2D eigenvalue weighted by atomic mass is 10.1. The molecule has 88 valence electrons. The van der Waals surface area contributed by atoms with Crippen molar-refractivity contribution >= 4 is 28.8 Å². The molecule has 2 heteroatoms. The summed E-state index contributed by atoms with van der Waals surface area (Å²) >= 11 is 11.9. The molecule has 2 aromatic carbocycles. The van der Waals surface area contributed by atoms with Gasteiger partial charge in [0, 0.05) is 21.7 Å². The molecule has 0 aliphatic rings. The molecule has 0 nitrogen and oxygen atoms in total. The second-order valence-electron chi connectivity index (χ2n) is 3.72. The Morgan fingerprint density at radius 3 is 2.39 bits per heavy atom. The van der Waals surface area contributed by atoms with E-state index in [4.69, 9.17) is 23.2 Å². The van der Waals surface area contributed by atoms with E-state index in [-0.39, 0.29) is 0 Å². The Morgan fingerprint density at radius 1 is 1.00 bits per heavy atom. The number of hydrogen-bond acceptors (Lipinski definition) is 0. The zero-order valence-corrected chi connectivity index (χ0v) is 11.1. The predicted octanol–water partition coefficient (Wildman–Crippen LogP) is 5.06. The van der Waals surface area contributed by atoms with Gasteiger partial charge in [-0.05, 0) is 24.3 Å². The van der Waals surface area contributed by atoms with Gasteiger partial charge in [0.05, 0.1) is 5.02 Å². The Morgan fingerprint density at radius 2 is 1.72 bits per heavy atom. The van der Waals surface area contributed by atoms with E-state index in [0.29, 0.717) is 15.6 Å². The largest absolute Gasteiger partial charge is 0.0843 e. The third-order valence-electron chi connectivity index (χ3n) is 2.39. The quantitative estimate of drug-likeness (QED) is 0.637. The summed E-state index contributed by atoms with van der Waals surface area (Å²) < 4.78 is 0. The van der Waals surface area contributed by atoms with Crippen LogP contribution in [0.3, 0.4) is 0 Å². The fraction of sp³-hybridized carbons (Fsp3) is 0. The third-order valence-corrected chi connectivity index (χ3v) is 2.94. The number of allylic oxidation sites excluding steroid dienone is 1. The molecule has 18 heavy (non-hydrogen) atoms. The van der Waals surface area contributed by atoms with Crippen molar-refractivity contribution in [2.75, 3.05) is 0 Å². The smallest absolute Gasteiger partial charge is 0.0505 e. The molecule has 0 fully saturated rings. The van der Waals surface area contributed by atoms with Gasteiger partial charge in [0.1, 0.15) is 0 Å². The first kappa shape index (κ1) is 12.8. The molecule has 0 aliphatic carbocycles. The molecule has 0 amide bonds. The van der Waals surface area contributed by atoms with Crippen molar-refractivity contribution in [1.82, 2.24) is 0 Å². The molecule has 0 saturated heterocycles. The lowest BCUT2D eigenvalue weighted by molar-refractivity contribution is 1.63. The summed E-state index contributed by atoms with van der Waals surface area (Å²) in [4.78, 5) is 0. The van der Waals surface area contributed by atoms with Crippen LogP contribution in [0.25, 0.3) is 5.57 Å². The van der Waals surface area contributed by atoms with E-state index in [1.807, 2.05) is 36.4 Å². The van der Waals surface area contributed by atoms with E-state index >= 15 is 0 Å². The molecule has 0 bridgehead atoms. The second kappa shape index (κ2) is 5.78. The van der Waals surface area contributed by atoms with Crippen molar-refractivity contribution in [1.29, 1.82) is 0 Å². The van der Waals surface area contributed by atoms with Crippen LogP contribution in [0.1, 0.15) is 11.1 Å². The molecule has 0 N–H and O–H groups in total. The Hall–Kier alpha value is -1.68. The van der Waals surface area contributed by atoms with Gasteiger partial charge in [0.2, 0.25) is 0 Å². The van der Waals surface area contributed by atoms with Crippen LogP contribution in [0, 0.1) is 11.8 Å². The summed E-state index contributed by atoms with van der Waals surface area (Å²) in [6.45, 7) is 3.93. The van der Waals surface area contributed by atoms with E-state index in [2.05, 4.69) is 18.4 Å². The lowest BCUT2D eigenvalue weighted by Gasteiger charge is -2.02. The molecule has 0 heterocycles. The number of benzene rings is 2. The Labute approximate surface area is 117 Å². The van der Waals surface area contributed by atoms with Crippen LogP contribution in [-0.2, 0) is 0 Å². The molecule has 0 aliphatic heterocycles. The first-order chi connectivity index (χ1) is 8.66. The minimum atomic E-state index is 0.565. The van der Waals surface area contributed by atoms with Gasteiger partial charge in [0.25, 0.3) is 0 Å². The summed E-state index contributed by atoms with van der Waals surface area (Å²) in [5.74, 6) is 6.05. The average Bonchev–Trinajstić information content (AvgIpc) is 2.37. The number of rotatable bonds is 1. The lowest BCUT2D eigenvalue weighted by Crippen LogP contribution is -1.82. The maximum absolute atomic E-state index is 6.09. The van der Waals surface area contributed by atoms with E-state index in [1.165, 1.54) is 0 Å². The van der Waals surface area contributed by atoms with E-state index in [9.17, 15) is 0 Å². The minimum Gasteiger partial charge on any atom is -0.0843 e. The number of halogens is 2. The monoisotopic (exact) mass is 272 g/mol. The third kappa shape index (κ3) is 3.17. The Bertz CT molecular complexity index is 631. The van der Waals surface area contributed by atoms with Crippen LogP contribution in [-0.4, -0.2) is 0 Å². The van der Waals surface area contributed by atoms with E-state index < -0.39 is 0 Å². The van der Waals surface area contributed by atoms with Gasteiger partial charge < -0.3 is 0 Å². The summed E-state index contributed by atoms with van der Waals surface area (Å²) in [6.07, 6.45) is 0. The van der Waals surface area contributed by atoms with Crippen molar-refractivity contribution < 1.29 is 0 Å². The van der Waals surface area contributed by atoms with Crippen LogP contribution in [0.4, 0.5) is 0 Å². The Kier molecular flexibility index (Phi) is 4.10. The van der Waals surface area contributed by atoms with E-state index in [0.717, 1.165) is 11.1 Å². The molecule has 2 rings (SSSR count). The molecule has 0 spiro atoms. The first-order valence-corrected chi connectivity index (χ1v) is 6.14. The topological polar surface area (TPSA) is 0 Å². The van der Waals surface area contributed by atoms with Gasteiger partial charge in [-0.15, -0.1) is 0 Å². The van der Waals surface area contributed by atoms with Crippen molar-refractivity contribution in [3.63, 3.8) is 0 Å². The van der Waals surface area contributed by atoms with Gasteiger partial charge >= 0.3 is 0 Å². The Balaban J connectivity index is 2.26. The zero-order chi connectivity index (χ0) is 13.0. The molecule has 0 atom stereocenters. The first-order valence-electron chi connectivity index (χ1n) is 5.38. The average molecular weight is 273 g/mol. The van der Waals surface area contributed by atoms with Gasteiger partial charge in [-0.2, -0.15) is 0 Å². The van der Waals surface area contributed by atoms with Gasteiger partial charge in [-0.25, -0.2) is 0 Å². The minimum absolute atomic E-state index is 0.565. The zero-order valence-electron chi connectivity index (χ0n) is 9.58. The van der Waals surface area contributed by atoms with Crippen LogP contribution < -0.4 is 0 Å². The molecule has 0 aromatic heterocycles. The van der Waals surface area contributed by atoms with E-state index in [1.54, 1.807) is 12.1 Å². The van der Waals surface area contributed by atoms with Crippen molar-refractivity contribution in [3.8, 4) is 11.8 Å². The summed E-state index contributed by atoms with van der Waals surface area (Å²) in [7, 11) is 0. The van der Waals surface area contributed by atoms with Crippen LogP contribution in [0.2, 0.25) is 10.0 Å². The van der Waals surface area contributed by atoms with Crippen LogP contribution in [0.15, 0.2) is 55.1 Å². The summed E-state index contributed by atoms with van der Waals surface area (Å²) in [5.41, 5.74) is 2.44. The van der Waals surface area contributed by atoms with Crippen molar-refractivity contribution in [3.05, 3.63) is 76.3 Å². The summed E-state index contributed by atoms with van der Waals surface area (Å²) in [5, 5.41) is 1.17. The molecule has 0 radical (unpaired) electrons. The fourth-order valence-electron chi connectivity index (χ4n) is 1.47. The SMILES string of the molecule is C=C(C#Cc1ccccc1)c1ccc(Cl)cc1Cl. The number of hydrogen-bond donors (Lipinski definition) is 0. The van der Waals surface area contributed by atoms with Crippen LogP contribution in [0.5, 0.6) is 0 Å². The highest BCUT2D eigenvalue weighted by atomic mass is 35.5. The van der Waals surface area contributed by atoms with Crippen LogP contribution >= 0.6 is 23.2 Å². The van der Waals surface area contributed by atoms with Gasteiger partial charge in [-0.3, -0.25) is 0 Å². The molecular weight excluding hydrogens is 263 g/mol. The highest BCUT2D eigenvalue weighted by molar-refractivity contribution is 6.35. The van der Waals surface area contributed by atoms with Gasteiger partial charge in [-0.1, -0.05) is 65.9 Å². The molecular formula is C16H10Cl2. The van der Waals surface area contributed by atoms with Gasteiger partial charge in [0.15, 0.2) is 0 Å². The van der Waals surface area contributed by atoms with Crippen molar-refractivity contribution in [2.45, 2.75) is 0 Å². The van der Waals surface area contributed by atoms with Crippen molar-refractivity contribution in [2.24, 2.45) is 0 Å². The summed E-state index contributed by atoms with van der Waals surface area (Å²) in [6, 6.07) is 15.0. The molecule has 0 unspecified atom stereocenters. The maximum atomic E-state index is 6.09. The predicted molar refractivity (Wildman–Crippen MR) is 78.8 cm³/mol. The molecule has 0 saturated carbocycles. The fourth-order valence-corrected chi connectivity index (χ4v) is 1.99. The maximum Gasteiger partial charge on any atom is 0.0505 e. The highest BCUT2D eigenvalue weighted by Gasteiger charge is 2.02. The normalized spacial score (nSPS) is 9.44.